The van der Waals surface area contributed by atoms with Crippen LogP contribution in [0.3, 0.4) is 0 Å². The average molecular weight is 837 g/mol. The maximum atomic E-state index is 14.1. The molecule has 4 amide bonds. The van der Waals surface area contributed by atoms with E-state index in [9.17, 15) is 19.2 Å². The quantitative estimate of drug-likeness (QED) is 0.101. The zero-order valence-electron chi connectivity index (χ0n) is 35.6. The van der Waals surface area contributed by atoms with E-state index in [1.807, 2.05) is 62.3 Å². The SMILES string of the molecule is COC(=O)NC(C(=O)N1CCC[C@H]1c1ncc(-c2ccc(-c3ccc4cc(-c5cnc([C@@H]6CCCN6C(=O)[C@@H](NC(=O)OC)C(C)C)[nH]5)ccc4c3)cc2)[nH]1)c1ccccc1C. The van der Waals surface area contributed by atoms with E-state index in [4.69, 9.17) is 19.4 Å². The topological polar surface area (TPSA) is 175 Å². The maximum absolute atomic E-state index is 14.1. The van der Waals surface area contributed by atoms with E-state index in [0.29, 0.717) is 18.9 Å². The minimum absolute atomic E-state index is 0.108. The zero-order chi connectivity index (χ0) is 43.5. The van der Waals surface area contributed by atoms with Crippen LogP contribution < -0.4 is 10.6 Å². The number of rotatable bonds is 11. The average Bonchev–Trinajstić information content (AvgIpc) is 4.14. The van der Waals surface area contributed by atoms with E-state index in [0.717, 1.165) is 87.0 Å². The Bertz CT molecular complexity index is 2600. The van der Waals surface area contributed by atoms with E-state index >= 15 is 0 Å². The number of hydrogen-bond donors (Lipinski definition) is 4. The highest BCUT2D eigenvalue weighted by Gasteiger charge is 2.39. The second-order valence-electron chi connectivity index (χ2n) is 16.4. The van der Waals surface area contributed by atoms with Crippen molar-refractivity contribution in [3.63, 3.8) is 0 Å². The third-order valence-corrected chi connectivity index (χ3v) is 12.2. The van der Waals surface area contributed by atoms with Gasteiger partial charge in [-0.1, -0.05) is 86.6 Å². The molecule has 14 heteroatoms. The molecule has 2 aliphatic rings. The molecule has 2 saturated heterocycles. The highest BCUT2D eigenvalue weighted by Crippen LogP contribution is 2.36. The highest BCUT2D eigenvalue weighted by atomic mass is 16.5. The number of amides is 4. The number of carbonyl (C=O) groups excluding carboxylic acids is 4. The summed E-state index contributed by atoms with van der Waals surface area (Å²) in [5.41, 5.74) is 7.47. The van der Waals surface area contributed by atoms with Crippen LogP contribution in [0.15, 0.2) is 97.3 Å². The molecule has 2 aliphatic heterocycles. The lowest BCUT2D eigenvalue weighted by Crippen LogP contribution is -2.51. The van der Waals surface area contributed by atoms with Crippen molar-refractivity contribution in [2.75, 3.05) is 27.3 Å². The van der Waals surface area contributed by atoms with Crippen LogP contribution in [0.1, 0.15) is 80.4 Å². The van der Waals surface area contributed by atoms with Crippen LogP contribution in [-0.2, 0) is 19.1 Å². The van der Waals surface area contributed by atoms with Crippen LogP contribution in [-0.4, -0.2) is 87.1 Å². The van der Waals surface area contributed by atoms with E-state index in [2.05, 4.69) is 81.3 Å². The minimum atomic E-state index is -0.885. The number of fused-ring (bicyclic) bond motifs is 1. The number of aromatic amines is 2. The molecule has 2 fully saturated rings. The van der Waals surface area contributed by atoms with Gasteiger partial charge in [0.15, 0.2) is 0 Å². The molecule has 62 heavy (non-hydrogen) atoms. The largest absolute Gasteiger partial charge is 0.453 e. The number of H-pyrrole nitrogens is 2. The first-order valence-corrected chi connectivity index (χ1v) is 21.1. The monoisotopic (exact) mass is 836 g/mol. The second kappa shape index (κ2) is 17.9. The summed E-state index contributed by atoms with van der Waals surface area (Å²) in [4.78, 5) is 72.0. The number of imidazole rings is 2. The first kappa shape index (κ1) is 41.8. The normalized spacial score (nSPS) is 17.3. The Balaban J connectivity index is 0.946. The lowest BCUT2D eigenvalue weighted by Gasteiger charge is -2.30. The molecule has 0 spiro atoms. The molecule has 8 rings (SSSR count). The Hall–Kier alpha value is -6.96. The molecule has 4 N–H and O–H groups in total. The highest BCUT2D eigenvalue weighted by molar-refractivity contribution is 5.91. The van der Waals surface area contributed by atoms with Gasteiger partial charge in [-0.25, -0.2) is 19.6 Å². The molecule has 320 valence electrons. The number of nitrogens with one attached hydrogen (secondary N) is 4. The van der Waals surface area contributed by atoms with Crippen LogP contribution in [0.25, 0.3) is 44.4 Å². The molecule has 0 radical (unpaired) electrons. The van der Waals surface area contributed by atoms with Gasteiger partial charge in [-0.3, -0.25) is 9.59 Å². The standard InChI is InChI=1S/C48H52N8O6/c1-28(2)41(53-47(59)61-4)45(57)55-22-8-12-39(55)44-50-27-38(52-44)35-21-20-33-24-32(18-19-34(33)25-35)30-14-16-31(17-15-30)37-26-49-43(51-37)40-13-9-23-56(40)46(58)42(54-48(60)62-5)36-11-7-6-10-29(36)3/h6-7,10-11,14-21,24-28,39-42H,8-9,12-13,22-23H2,1-5H3,(H,49,51)(H,50,52)(H,53,59)(H,54,60)/t39-,40-,41-,42?/m0/s1. The number of ether oxygens (including phenoxy) is 2. The Morgan fingerprint density at radius 2 is 1.18 bits per heavy atom. The predicted molar refractivity (Wildman–Crippen MR) is 236 cm³/mol. The molecule has 4 heterocycles. The first-order chi connectivity index (χ1) is 30.0. The molecular weight excluding hydrogens is 785 g/mol. The summed E-state index contributed by atoms with van der Waals surface area (Å²) in [5.74, 6) is 0.981. The summed E-state index contributed by atoms with van der Waals surface area (Å²) in [7, 11) is 2.58. The fourth-order valence-electron chi connectivity index (χ4n) is 8.77. The van der Waals surface area contributed by atoms with Crippen molar-refractivity contribution < 1.29 is 28.7 Å². The Kier molecular flexibility index (Phi) is 12.1. The van der Waals surface area contributed by atoms with Gasteiger partial charge in [0.05, 0.1) is 50.1 Å². The lowest BCUT2D eigenvalue weighted by molar-refractivity contribution is -0.135. The number of benzene rings is 4. The van der Waals surface area contributed by atoms with Crippen molar-refractivity contribution in [1.82, 2.24) is 40.4 Å². The number of carbonyl (C=O) groups is 4. The molecule has 6 aromatic rings. The first-order valence-electron chi connectivity index (χ1n) is 21.1. The van der Waals surface area contributed by atoms with Crippen molar-refractivity contribution >= 4 is 34.8 Å². The molecule has 4 atom stereocenters. The molecule has 14 nitrogen and oxygen atoms in total. The minimum Gasteiger partial charge on any atom is -0.453 e. The van der Waals surface area contributed by atoms with E-state index in [1.54, 1.807) is 4.90 Å². The van der Waals surface area contributed by atoms with E-state index < -0.39 is 24.3 Å². The smallest absolute Gasteiger partial charge is 0.407 e. The maximum Gasteiger partial charge on any atom is 0.407 e. The molecule has 0 saturated carbocycles. The molecule has 2 aromatic heterocycles. The van der Waals surface area contributed by atoms with Gasteiger partial charge in [-0.15, -0.1) is 0 Å². The number of likely N-dealkylation sites (tertiary alicyclic amines) is 2. The van der Waals surface area contributed by atoms with E-state index in [1.165, 1.54) is 14.2 Å². The number of alkyl carbamates (subject to hydrolysis) is 2. The molecule has 0 aliphatic carbocycles. The van der Waals surface area contributed by atoms with Crippen LogP contribution in [0.5, 0.6) is 0 Å². The molecule has 0 bridgehead atoms. The lowest BCUT2D eigenvalue weighted by atomic mass is 9.98. The fourth-order valence-corrected chi connectivity index (χ4v) is 8.77. The van der Waals surface area contributed by atoms with Crippen LogP contribution in [0, 0.1) is 12.8 Å². The zero-order valence-corrected chi connectivity index (χ0v) is 35.6. The van der Waals surface area contributed by atoms with Gasteiger partial charge in [-0.05, 0) is 89.2 Å². The van der Waals surface area contributed by atoms with Crippen LogP contribution in [0.2, 0.25) is 0 Å². The van der Waals surface area contributed by atoms with Gasteiger partial charge in [0.1, 0.15) is 23.7 Å². The van der Waals surface area contributed by atoms with Gasteiger partial charge in [0.2, 0.25) is 5.91 Å². The molecular formula is C48H52N8O6. The Morgan fingerprint density at radius 3 is 1.77 bits per heavy atom. The van der Waals surface area contributed by atoms with E-state index in [-0.39, 0.29) is 29.8 Å². The van der Waals surface area contributed by atoms with Gasteiger partial charge >= 0.3 is 12.2 Å². The summed E-state index contributed by atoms with van der Waals surface area (Å²) in [6.45, 7) is 6.88. The number of aromatic nitrogens is 4. The third-order valence-electron chi connectivity index (χ3n) is 12.2. The van der Waals surface area contributed by atoms with Crippen molar-refractivity contribution in [3.8, 4) is 33.6 Å². The van der Waals surface area contributed by atoms with Crippen molar-refractivity contribution in [2.24, 2.45) is 5.92 Å². The third kappa shape index (κ3) is 8.49. The fraction of sp³-hybridized carbons (Fsp3) is 0.333. The van der Waals surface area contributed by atoms with Crippen LogP contribution >= 0.6 is 0 Å². The summed E-state index contributed by atoms with van der Waals surface area (Å²) >= 11 is 0. The predicted octanol–water partition coefficient (Wildman–Crippen LogP) is 8.40. The van der Waals surface area contributed by atoms with Gasteiger partial charge in [-0.2, -0.15) is 0 Å². The Morgan fingerprint density at radius 1 is 0.661 bits per heavy atom. The second-order valence-corrected chi connectivity index (χ2v) is 16.4. The molecule has 4 aromatic carbocycles. The van der Waals surface area contributed by atoms with Crippen LogP contribution in [0.4, 0.5) is 9.59 Å². The van der Waals surface area contributed by atoms with Crippen molar-refractivity contribution in [2.45, 2.75) is 70.6 Å². The summed E-state index contributed by atoms with van der Waals surface area (Å²) in [6, 6.07) is 26.6. The number of nitrogens with zero attached hydrogens (tertiary/aromatic N) is 4. The molecule has 1 unspecified atom stereocenters. The summed E-state index contributed by atoms with van der Waals surface area (Å²) in [5, 5.41) is 7.64. The number of methoxy groups -OCH3 is 2. The van der Waals surface area contributed by atoms with Gasteiger partial charge in [0.25, 0.3) is 5.91 Å². The van der Waals surface area contributed by atoms with Crippen molar-refractivity contribution in [3.05, 3.63) is 120 Å². The number of aryl methyl sites for hydroxylation is 1. The Labute approximate surface area is 360 Å². The van der Waals surface area contributed by atoms with Gasteiger partial charge in [0, 0.05) is 18.7 Å². The van der Waals surface area contributed by atoms with Gasteiger partial charge < -0.3 is 39.9 Å². The summed E-state index contributed by atoms with van der Waals surface area (Å²) < 4.78 is 9.65. The summed E-state index contributed by atoms with van der Waals surface area (Å²) in [6.07, 6.45) is 5.53. The van der Waals surface area contributed by atoms with Crippen molar-refractivity contribution in [1.29, 1.82) is 0 Å². The number of hydrogen-bond acceptors (Lipinski definition) is 8.